The van der Waals surface area contributed by atoms with Crippen molar-refractivity contribution in [2.45, 2.75) is 71.1 Å². The molecule has 0 bridgehead atoms. The Labute approximate surface area is 155 Å². The van der Waals surface area contributed by atoms with Crippen LogP contribution in [0.4, 0.5) is 4.79 Å². The van der Waals surface area contributed by atoms with Crippen LogP contribution < -0.4 is 5.32 Å². The van der Waals surface area contributed by atoms with Gasteiger partial charge in [-0.15, -0.1) is 0 Å². The number of hydrogen-bond donors (Lipinski definition) is 1. The maximum atomic E-state index is 11.8. The molecule has 1 N–H and O–H groups in total. The molecule has 0 heterocycles. The minimum atomic E-state index is -0.580. The van der Waals surface area contributed by atoms with E-state index in [1.807, 2.05) is 30.3 Å². The van der Waals surface area contributed by atoms with Crippen LogP contribution in [-0.4, -0.2) is 23.7 Å². The number of carbonyl (C=O) groups is 2. The van der Waals surface area contributed by atoms with Crippen molar-refractivity contribution in [2.24, 2.45) is 0 Å². The highest BCUT2D eigenvalue weighted by atomic mass is 16.6. The van der Waals surface area contributed by atoms with Crippen LogP contribution in [-0.2, 0) is 20.9 Å². The Morgan fingerprint density at radius 2 is 1.88 bits per heavy atom. The third kappa shape index (κ3) is 10.3. The summed E-state index contributed by atoms with van der Waals surface area (Å²) in [6, 6.07) is 11.3. The van der Waals surface area contributed by atoms with Crippen LogP contribution in [0.1, 0.15) is 58.4 Å². The lowest BCUT2D eigenvalue weighted by Gasteiger charge is -2.22. The Morgan fingerprint density at radius 1 is 1.19 bits per heavy atom. The summed E-state index contributed by atoms with van der Waals surface area (Å²) in [5.74, 6) is -0.245. The third-order valence-electron chi connectivity index (χ3n) is 3.48. The van der Waals surface area contributed by atoms with Crippen molar-refractivity contribution in [2.75, 3.05) is 0 Å². The van der Waals surface area contributed by atoms with Crippen LogP contribution >= 0.6 is 0 Å². The van der Waals surface area contributed by atoms with E-state index in [1.54, 1.807) is 20.8 Å². The number of esters is 1. The van der Waals surface area contributed by atoms with Crippen LogP contribution in [0.3, 0.4) is 0 Å². The van der Waals surface area contributed by atoms with Gasteiger partial charge in [-0.05, 0) is 39.2 Å². The first-order valence-electron chi connectivity index (χ1n) is 8.86. The zero-order chi connectivity index (χ0) is 19.4. The number of nitriles is 1. The SMILES string of the molecule is CC(C)(C)OC(=O)N[C@H](CC#N)CCCCC(=O)OCc1ccccc1. The Bertz CT molecular complexity index is 602. The number of amides is 1. The molecule has 1 atom stereocenters. The molecule has 0 unspecified atom stereocenters. The second kappa shape index (κ2) is 11.1. The van der Waals surface area contributed by atoms with Crippen LogP contribution in [0.15, 0.2) is 30.3 Å². The topological polar surface area (TPSA) is 88.4 Å². The van der Waals surface area contributed by atoms with Gasteiger partial charge in [0.15, 0.2) is 0 Å². The zero-order valence-electron chi connectivity index (χ0n) is 15.8. The van der Waals surface area contributed by atoms with Crippen molar-refractivity contribution < 1.29 is 19.1 Å². The summed E-state index contributed by atoms with van der Waals surface area (Å²) < 4.78 is 10.4. The first-order valence-corrected chi connectivity index (χ1v) is 8.86. The fraction of sp³-hybridized carbons (Fsp3) is 0.550. The fourth-order valence-corrected chi connectivity index (χ4v) is 2.28. The molecule has 0 saturated heterocycles. The van der Waals surface area contributed by atoms with Crippen molar-refractivity contribution in [3.63, 3.8) is 0 Å². The van der Waals surface area contributed by atoms with Crippen molar-refractivity contribution in [3.8, 4) is 6.07 Å². The summed E-state index contributed by atoms with van der Waals surface area (Å²) >= 11 is 0. The number of unbranched alkanes of at least 4 members (excludes halogenated alkanes) is 1. The number of hydrogen-bond acceptors (Lipinski definition) is 5. The average molecular weight is 360 g/mol. The number of nitrogens with zero attached hydrogens (tertiary/aromatic N) is 1. The van der Waals surface area contributed by atoms with Gasteiger partial charge in [0.25, 0.3) is 0 Å². The highest BCUT2D eigenvalue weighted by Gasteiger charge is 2.19. The first-order chi connectivity index (χ1) is 12.3. The van der Waals surface area contributed by atoms with E-state index in [-0.39, 0.29) is 25.0 Å². The summed E-state index contributed by atoms with van der Waals surface area (Å²) in [4.78, 5) is 23.5. The molecule has 0 aliphatic carbocycles. The predicted octanol–water partition coefficient (Wildman–Crippen LogP) is 4.10. The summed E-state index contributed by atoms with van der Waals surface area (Å²) in [5, 5.41) is 11.6. The molecule has 1 amide bonds. The predicted molar refractivity (Wildman–Crippen MR) is 98.1 cm³/mol. The second-order valence-corrected chi connectivity index (χ2v) is 7.10. The van der Waals surface area contributed by atoms with E-state index < -0.39 is 11.7 Å². The van der Waals surface area contributed by atoms with E-state index in [0.29, 0.717) is 25.7 Å². The third-order valence-corrected chi connectivity index (χ3v) is 3.48. The van der Waals surface area contributed by atoms with Gasteiger partial charge in [-0.25, -0.2) is 4.79 Å². The fourth-order valence-electron chi connectivity index (χ4n) is 2.28. The van der Waals surface area contributed by atoms with E-state index in [0.717, 1.165) is 5.56 Å². The van der Waals surface area contributed by atoms with E-state index in [9.17, 15) is 9.59 Å². The quantitative estimate of drug-likeness (QED) is 0.529. The molecule has 26 heavy (non-hydrogen) atoms. The molecule has 0 saturated carbocycles. The Balaban J connectivity index is 2.24. The highest BCUT2D eigenvalue weighted by molar-refractivity contribution is 5.69. The number of benzene rings is 1. The molecule has 0 spiro atoms. The van der Waals surface area contributed by atoms with E-state index in [1.165, 1.54) is 0 Å². The van der Waals surface area contributed by atoms with Gasteiger partial charge in [0.2, 0.25) is 0 Å². The minimum absolute atomic E-state index is 0.206. The number of alkyl carbamates (subject to hydrolysis) is 1. The number of nitrogens with one attached hydrogen (secondary N) is 1. The maximum Gasteiger partial charge on any atom is 0.407 e. The van der Waals surface area contributed by atoms with E-state index in [4.69, 9.17) is 14.7 Å². The van der Waals surface area contributed by atoms with Gasteiger partial charge < -0.3 is 14.8 Å². The molecule has 1 rings (SSSR count). The smallest absolute Gasteiger partial charge is 0.407 e. The van der Waals surface area contributed by atoms with Crippen LogP contribution in [0, 0.1) is 11.3 Å². The molecule has 0 aliphatic rings. The molecule has 0 radical (unpaired) electrons. The number of rotatable bonds is 9. The summed E-state index contributed by atoms with van der Waals surface area (Å²) in [7, 11) is 0. The molecule has 142 valence electrons. The van der Waals surface area contributed by atoms with Gasteiger partial charge in [-0.3, -0.25) is 4.79 Å². The van der Waals surface area contributed by atoms with E-state index >= 15 is 0 Å². The van der Waals surface area contributed by atoms with Gasteiger partial charge in [0, 0.05) is 12.5 Å². The largest absolute Gasteiger partial charge is 0.461 e. The lowest BCUT2D eigenvalue weighted by Crippen LogP contribution is -2.39. The second-order valence-electron chi connectivity index (χ2n) is 7.10. The van der Waals surface area contributed by atoms with Gasteiger partial charge in [0.1, 0.15) is 12.2 Å². The Morgan fingerprint density at radius 3 is 2.50 bits per heavy atom. The lowest BCUT2D eigenvalue weighted by molar-refractivity contribution is -0.145. The minimum Gasteiger partial charge on any atom is -0.461 e. The maximum absolute atomic E-state index is 11.8. The summed E-state index contributed by atoms with van der Waals surface area (Å²) in [6.07, 6.45) is 1.96. The molecular weight excluding hydrogens is 332 g/mol. The van der Waals surface area contributed by atoms with Crippen molar-refractivity contribution >= 4 is 12.1 Å². The molecule has 1 aromatic carbocycles. The van der Waals surface area contributed by atoms with Crippen LogP contribution in [0.5, 0.6) is 0 Å². The van der Waals surface area contributed by atoms with E-state index in [2.05, 4.69) is 11.4 Å². The molecule has 0 aromatic heterocycles. The monoisotopic (exact) mass is 360 g/mol. The Hall–Kier alpha value is -2.55. The van der Waals surface area contributed by atoms with Crippen LogP contribution in [0.25, 0.3) is 0 Å². The first kappa shape index (κ1) is 21.5. The molecule has 6 nitrogen and oxygen atoms in total. The van der Waals surface area contributed by atoms with Crippen molar-refractivity contribution in [1.82, 2.24) is 5.32 Å². The molecule has 0 aliphatic heterocycles. The van der Waals surface area contributed by atoms with Gasteiger partial charge >= 0.3 is 12.1 Å². The highest BCUT2D eigenvalue weighted by Crippen LogP contribution is 2.11. The summed E-state index contributed by atoms with van der Waals surface area (Å²) in [6.45, 7) is 5.63. The number of ether oxygens (including phenoxy) is 2. The van der Waals surface area contributed by atoms with Crippen molar-refractivity contribution in [1.29, 1.82) is 5.26 Å². The Kier molecular flexibility index (Phi) is 9.21. The molecular formula is C20H28N2O4. The van der Waals surface area contributed by atoms with Crippen molar-refractivity contribution in [3.05, 3.63) is 35.9 Å². The van der Waals surface area contributed by atoms with Gasteiger partial charge in [-0.2, -0.15) is 5.26 Å². The summed E-state index contributed by atoms with van der Waals surface area (Å²) in [5.41, 5.74) is 0.376. The standard InChI is InChI=1S/C20H28N2O4/c1-20(2,3)26-19(24)22-17(13-14-21)11-7-8-12-18(23)25-15-16-9-5-4-6-10-16/h4-6,9-10,17H,7-8,11-13,15H2,1-3H3,(H,22,24)/t17-/m0/s1. The van der Waals surface area contributed by atoms with Crippen LogP contribution in [0.2, 0.25) is 0 Å². The molecule has 0 fully saturated rings. The van der Waals surface area contributed by atoms with Gasteiger partial charge in [-0.1, -0.05) is 36.8 Å². The molecule has 1 aromatic rings. The van der Waals surface area contributed by atoms with Gasteiger partial charge in [0.05, 0.1) is 12.5 Å². The normalized spacial score (nSPS) is 11.9. The molecule has 6 heteroatoms. The zero-order valence-corrected chi connectivity index (χ0v) is 15.8. The average Bonchev–Trinajstić information content (AvgIpc) is 2.56. The number of carbonyl (C=O) groups excluding carboxylic acids is 2. The lowest BCUT2D eigenvalue weighted by atomic mass is 10.1.